The molecule has 0 fully saturated rings. The Bertz CT molecular complexity index is 503. The largest absolute Gasteiger partial charge is 0.508 e. The summed E-state index contributed by atoms with van der Waals surface area (Å²) in [7, 11) is 1.36. The summed E-state index contributed by atoms with van der Waals surface area (Å²) in [4.78, 5) is 11.8. The quantitative estimate of drug-likeness (QED) is 0.644. The van der Waals surface area contributed by atoms with Gasteiger partial charge in [-0.1, -0.05) is 12.2 Å². The second-order valence-corrected chi connectivity index (χ2v) is 4.91. The van der Waals surface area contributed by atoms with Gasteiger partial charge in [0, 0.05) is 0 Å². The molecule has 0 unspecified atom stereocenters. The lowest BCUT2D eigenvalue weighted by atomic mass is 9.79. The van der Waals surface area contributed by atoms with Crippen molar-refractivity contribution in [1.82, 2.24) is 0 Å². The van der Waals surface area contributed by atoms with E-state index in [-0.39, 0.29) is 11.7 Å². The molecule has 1 aliphatic carbocycles. The first-order chi connectivity index (χ1) is 8.52. The molecule has 0 heterocycles. The number of benzene rings is 1. The van der Waals surface area contributed by atoms with Crippen molar-refractivity contribution in [2.75, 3.05) is 7.11 Å². The molecule has 0 bridgehead atoms. The van der Waals surface area contributed by atoms with E-state index < -0.39 is 0 Å². The van der Waals surface area contributed by atoms with Crippen molar-refractivity contribution in [3.05, 3.63) is 41.0 Å². The first-order valence-electron chi connectivity index (χ1n) is 6.11. The van der Waals surface area contributed by atoms with Crippen molar-refractivity contribution in [2.45, 2.75) is 26.2 Å². The summed E-state index contributed by atoms with van der Waals surface area (Å²) in [6.45, 7) is 6.02. The van der Waals surface area contributed by atoms with Crippen LogP contribution in [-0.2, 0) is 17.6 Å². The topological polar surface area (TPSA) is 46.5 Å². The predicted molar refractivity (Wildman–Crippen MR) is 69.8 cm³/mol. The van der Waals surface area contributed by atoms with Gasteiger partial charge in [-0.15, -0.1) is 0 Å². The summed E-state index contributed by atoms with van der Waals surface area (Å²) in [5, 5.41) is 9.66. The molecule has 1 aromatic carbocycles. The van der Waals surface area contributed by atoms with Crippen LogP contribution in [0.2, 0.25) is 0 Å². The summed E-state index contributed by atoms with van der Waals surface area (Å²) in [5.41, 5.74) is 3.68. The van der Waals surface area contributed by atoms with Gasteiger partial charge in [-0.25, -0.2) is 4.79 Å². The molecule has 1 atom stereocenters. The van der Waals surface area contributed by atoms with Crippen LogP contribution >= 0.6 is 0 Å². The first-order valence-corrected chi connectivity index (χ1v) is 6.11. The zero-order valence-electron chi connectivity index (χ0n) is 10.8. The summed E-state index contributed by atoms with van der Waals surface area (Å²) in [6, 6.07) is 3.24. The number of rotatable bonds is 2. The van der Waals surface area contributed by atoms with Crippen LogP contribution in [0.5, 0.6) is 5.75 Å². The molecule has 1 aromatic rings. The maximum absolute atomic E-state index is 11.8. The molecule has 0 aromatic heterocycles. The molecule has 0 spiro atoms. The highest BCUT2D eigenvalue weighted by Gasteiger charge is 2.25. The molecule has 2 rings (SSSR count). The third-order valence-electron chi connectivity index (χ3n) is 3.64. The number of hydrogen-bond donors (Lipinski definition) is 1. The molecule has 96 valence electrons. The molecule has 0 radical (unpaired) electrons. The minimum absolute atomic E-state index is 0.128. The molecule has 0 saturated heterocycles. The van der Waals surface area contributed by atoms with Crippen molar-refractivity contribution in [3.63, 3.8) is 0 Å². The van der Waals surface area contributed by atoms with Crippen LogP contribution in [-0.4, -0.2) is 18.2 Å². The Balaban J connectivity index is 2.46. The van der Waals surface area contributed by atoms with Crippen molar-refractivity contribution in [1.29, 1.82) is 0 Å². The lowest BCUT2D eigenvalue weighted by Gasteiger charge is -2.26. The van der Waals surface area contributed by atoms with E-state index >= 15 is 0 Å². The van der Waals surface area contributed by atoms with Crippen LogP contribution in [0.4, 0.5) is 0 Å². The van der Waals surface area contributed by atoms with Gasteiger partial charge < -0.3 is 9.84 Å². The van der Waals surface area contributed by atoms with Gasteiger partial charge in [0.05, 0.1) is 12.7 Å². The zero-order valence-corrected chi connectivity index (χ0v) is 10.8. The summed E-state index contributed by atoms with van der Waals surface area (Å²) >= 11 is 0. The molecule has 1 N–H and O–H groups in total. The lowest BCUT2D eigenvalue weighted by Crippen LogP contribution is -2.19. The predicted octanol–water partition coefficient (Wildman–Crippen LogP) is 2.86. The Labute approximate surface area is 107 Å². The summed E-state index contributed by atoms with van der Waals surface area (Å²) in [6.07, 6.45) is 2.69. The van der Waals surface area contributed by atoms with E-state index in [1.807, 2.05) is 6.92 Å². The number of aryl methyl sites for hydroxylation is 1. The average molecular weight is 246 g/mol. The number of carbonyl (C=O) groups is 1. The van der Waals surface area contributed by atoms with Gasteiger partial charge in [0.1, 0.15) is 5.75 Å². The van der Waals surface area contributed by atoms with Crippen LogP contribution in [0.15, 0.2) is 24.3 Å². The Kier molecular flexibility index (Phi) is 3.41. The number of carbonyl (C=O) groups excluding carboxylic acids is 1. The van der Waals surface area contributed by atoms with Gasteiger partial charge in [-0.05, 0) is 55.4 Å². The number of hydrogen-bond acceptors (Lipinski definition) is 3. The summed E-state index contributed by atoms with van der Waals surface area (Å²) in [5.74, 6) is 0.151. The fourth-order valence-electron chi connectivity index (χ4n) is 2.57. The van der Waals surface area contributed by atoms with E-state index in [0.29, 0.717) is 11.5 Å². The molecular weight excluding hydrogens is 228 g/mol. The molecule has 0 saturated carbocycles. The SMILES string of the molecule is C=C(C)[C@@H]1CCc2cc(O)cc(C(=O)OC)c2C1. The second kappa shape index (κ2) is 4.84. The van der Waals surface area contributed by atoms with Gasteiger partial charge >= 0.3 is 5.97 Å². The number of ether oxygens (including phenoxy) is 1. The number of methoxy groups -OCH3 is 1. The number of phenolic OH excluding ortho intramolecular Hbond substituents is 1. The van der Waals surface area contributed by atoms with E-state index in [9.17, 15) is 9.90 Å². The van der Waals surface area contributed by atoms with E-state index in [2.05, 4.69) is 6.58 Å². The minimum Gasteiger partial charge on any atom is -0.508 e. The summed E-state index contributed by atoms with van der Waals surface area (Å²) < 4.78 is 4.78. The minimum atomic E-state index is -0.385. The van der Waals surface area contributed by atoms with Crippen LogP contribution in [0.3, 0.4) is 0 Å². The molecule has 0 amide bonds. The zero-order chi connectivity index (χ0) is 13.3. The van der Waals surface area contributed by atoms with Gasteiger partial charge in [0.15, 0.2) is 0 Å². The number of phenols is 1. The van der Waals surface area contributed by atoms with Crippen LogP contribution < -0.4 is 0 Å². The Hall–Kier alpha value is -1.77. The highest BCUT2D eigenvalue weighted by molar-refractivity contribution is 5.92. The number of aromatic hydroxyl groups is 1. The number of esters is 1. The highest BCUT2D eigenvalue weighted by atomic mass is 16.5. The molecule has 3 nitrogen and oxygen atoms in total. The highest BCUT2D eigenvalue weighted by Crippen LogP contribution is 2.34. The normalized spacial score (nSPS) is 18.0. The molecule has 3 heteroatoms. The fourth-order valence-corrected chi connectivity index (χ4v) is 2.57. The third-order valence-corrected chi connectivity index (χ3v) is 3.64. The lowest BCUT2D eigenvalue weighted by molar-refractivity contribution is 0.0598. The van der Waals surface area contributed by atoms with E-state index in [1.165, 1.54) is 13.2 Å². The molecule has 1 aliphatic rings. The van der Waals surface area contributed by atoms with Crippen LogP contribution in [0, 0.1) is 5.92 Å². The van der Waals surface area contributed by atoms with Crippen LogP contribution in [0.1, 0.15) is 34.8 Å². The third kappa shape index (κ3) is 2.26. The van der Waals surface area contributed by atoms with Gasteiger partial charge in [0.2, 0.25) is 0 Å². The second-order valence-electron chi connectivity index (χ2n) is 4.91. The standard InChI is InChI=1S/C15H18O3/c1-9(2)10-4-5-11-6-12(16)8-14(13(11)7-10)15(17)18-3/h6,8,10,16H,1,4-5,7H2,2-3H3/t10-/m1/s1. The Morgan fingerprint density at radius 1 is 1.50 bits per heavy atom. The van der Waals surface area contributed by atoms with Crippen molar-refractivity contribution in [3.8, 4) is 5.75 Å². The van der Waals surface area contributed by atoms with Gasteiger partial charge in [-0.2, -0.15) is 0 Å². The number of allylic oxidation sites excluding steroid dienone is 1. The van der Waals surface area contributed by atoms with Crippen molar-refractivity contribution < 1.29 is 14.6 Å². The van der Waals surface area contributed by atoms with Gasteiger partial charge in [0.25, 0.3) is 0 Å². The van der Waals surface area contributed by atoms with E-state index in [4.69, 9.17) is 4.74 Å². The maximum Gasteiger partial charge on any atom is 0.338 e. The smallest absolute Gasteiger partial charge is 0.338 e. The molecular formula is C15H18O3. The van der Waals surface area contributed by atoms with Gasteiger partial charge in [-0.3, -0.25) is 0 Å². The van der Waals surface area contributed by atoms with E-state index in [1.54, 1.807) is 6.07 Å². The van der Waals surface area contributed by atoms with Crippen molar-refractivity contribution in [2.24, 2.45) is 5.92 Å². The Morgan fingerprint density at radius 2 is 2.22 bits per heavy atom. The van der Waals surface area contributed by atoms with E-state index in [0.717, 1.165) is 36.0 Å². The fraction of sp³-hybridized carbons (Fsp3) is 0.400. The van der Waals surface area contributed by atoms with Crippen LogP contribution in [0.25, 0.3) is 0 Å². The Morgan fingerprint density at radius 3 is 2.83 bits per heavy atom. The number of fused-ring (bicyclic) bond motifs is 1. The average Bonchev–Trinajstić information content (AvgIpc) is 2.36. The maximum atomic E-state index is 11.8. The monoisotopic (exact) mass is 246 g/mol. The molecule has 0 aliphatic heterocycles. The van der Waals surface area contributed by atoms with Crippen molar-refractivity contribution >= 4 is 5.97 Å². The molecule has 18 heavy (non-hydrogen) atoms. The first kappa shape index (κ1) is 12.7.